The normalized spacial score (nSPS) is 10.3. The van der Waals surface area contributed by atoms with Crippen molar-refractivity contribution < 1.29 is 0 Å². The minimum absolute atomic E-state index is 0.125. The number of nitrogens with two attached hydrogens (primary N) is 1. The van der Waals surface area contributed by atoms with Crippen LogP contribution in [0.15, 0.2) is 24.3 Å². The van der Waals surface area contributed by atoms with Gasteiger partial charge < -0.3 is 11.1 Å². The van der Waals surface area contributed by atoms with Crippen LogP contribution in [-0.4, -0.2) is 9.97 Å². The molecule has 0 saturated heterocycles. The number of anilines is 3. The Bertz CT molecular complexity index is 537. The van der Waals surface area contributed by atoms with E-state index in [2.05, 4.69) is 15.3 Å². The average Bonchev–Trinajstić information content (AvgIpc) is 2.22. The van der Waals surface area contributed by atoms with E-state index in [0.29, 0.717) is 16.0 Å². The Labute approximate surface area is 109 Å². The van der Waals surface area contributed by atoms with Crippen LogP contribution in [0.25, 0.3) is 0 Å². The van der Waals surface area contributed by atoms with E-state index in [1.165, 1.54) is 0 Å². The zero-order chi connectivity index (χ0) is 12.4. The smallest absolute Gasteiger partial charge is 0.223 e. The summed E-state index contributed by atoms with van der Waals surface area (Å²) < 4.78 is 0. The highest BCUT2D eigenvalue weighted by Gasteiger charge is 2.04. The van der Waals surface area contributed by atoms with Crippen molar-refractivity contribution in [2.24, 2.45) is 0 Å². The summed E-state index contributed by atoms with van der Waals surface area (Å²) >= 11 is 11.7. The molecule has 0 bridgehead atoms. The Morgan fingerprint density at radius 3 is 2.65 bits per heavy atom. The van der Waals surface area contributed by atoms with Gasteiger partial charge in [-0.2, -0.15) is 4.98 Å². The van der Waals surface area contributed by atoms with E-state index in [1.54, 1.807) is 6.07 Å². The molecule has 0 amide bonds. The first-order chi connectivity index (χ1) is 8.04. The number of halogens is 2. The van der Waals surface area contributed by atoms with Crippen LogP contribution in [0.5, 0.6) is 0 Å². The fourth-order valence-corrected chi connectivity index (χ4v) is 1.73. The van der Waals surface area contributed by atoms with Gasteiger partial charge in [-0.15, -0.1) is 0 Å². The van der Waals surface area contributed by atoms with Gasteiger partial charge >= 0.3 is 0 Å². The van der Waals surface area contributed by atoms with Gasteiger partial charge in [-0.05, 0) is 24.6 Å². The molecule has 0 aliphatic rings. The Balaban J connectivity index is 2.34. The van der Waals surface area contributed by atoms with Crippen LogP contribution in [0.4, 0.5) is 17.5 Å². The molecule has 0 aliphatic carbocycles. The van der Waals surface area contributed by atoms with Crippen molar-refractivity contribution in [3.63, 3.8) is 0 Å². The zero-order valence-electron chi connectivity index (χ0n) is 9.04. The van der Waals surface area contributed by atoms with Crippen molar-refractivity contribution in [1.82, 2.24) is 9.97 Å². The first-order valence-electron chi connectivity index (χ1n) is 4.88. The SMILES string of the molecule is Cc1ccc(Cl)cc1Nc1cc(Cl)nc(N)n1. The molecule has 2 aromatic rings. The molecule has 2 rings (SSSR count). The molecular formula is C11H10Cl2N4. The average molecular weight is 269 g/mol. The molecule has 0 spiro atoms. The molecule has 3 N–H and O–H groups in total. The molecule has 0 unspecified atom stereocenters. The fraction of sp³-hybridized carbons (Fsp3) is 0.0909. The van der Waals surface area contributed by atoms with Gasteiger partial charge in [0.05, 0.1) is 0 Å². The largest absolute Gasteiger partial charge is 0.368 e. The van der Waals surface area contributed by atoms with Crippen molar-refractivity contribution >= 4 is 40.7 Å². The minimum atomic E-state index is 0.125. The standard InChI is InChI=1S/C11H10Cl2N4/c1-6-2-3-7(12)4-8(6)15-10-5-9(13)16-11(14)17-10/h2-5H,1H3,(H3,14,15,16,17). The van der Waals surface area contributed by atoms with E-state index >= 15 is 0 Å². The summed E-state index contributed by atoms with van der Waals surface area (Å²) in [6.45, 7) is 1.96. The third-order valence-corrected chi connectivity index (χ3v) is 2.60. The topological polar surface area (TPSA) is 63.8 Å². The second kappa shape index (κ2) is 4.77. The molecule has 0 aliphatic heterocycles. The monoisotopic (exact) mass is 268 g/mol. The second-order valence-corrected chi connectivity index (χ2v) is 4.34. The Hall–Kier alpha value is -1.52. The molecular weight excluding hydrogens is 259 g/mol. The first kappa shape index (κ1) is 12.0. The van der Waals surface area contributed by atoms with E-state index in [1.807, 2.05) is 25.1 Å². The molecule has 1 aromatic heterocycles. The highest BCUT2D eigenvalue weighted by Crippen LogP contribution is 2.24. The van der Waals surface area contributed by atoms with E-state index in [4.69, 9.17) is 28.9 Å². The molecule has 17 heavy (non-hydrogen) atoms. The molecule has 1 heterocycles. The molecule has 0 atom stereocenters. The van der Waals surface area contributed by atoms with Crippen LogP contribution in [-0.2, 0) is 0 Å². The van der Waals surface area contributed by atoms with Crippen molar-refractivity contribution in [2.75, 3.05) is 11.1 Å². The maximum absolute atomic E-state index is 5.92. The van der Waals surface area contributed by atoms with Crippen LogP contribution < -0.4 is 11.1 Å². The van der Waals surface area contributed by atoms with Crippen LogP contribution >= 0.6 is 23.2 Å². The van der Waals surface area contributed by atoms with Gasteiger partial charge in [0.15, 0.2) is 0 Å². The summed E-state index contributed by atoms with van der Waals surface area (Å²) in [5.74, 6) is 0.660. The highest BCUT2D eigenvalue weighted by molar-refractivity contribution is 6.31. The molecule has 0 fully saturated rings. The second-order valence-electron chi connectivity index (χ2n) is 3.52. The Morgan fingerprint density at radius 2 is 1.94 bits per heavy atom. The lowest BCUT2D eigenvalue weighted by molar-refractivity contribution is 1.18. The maximum atomic E-state index is 5.92. The lowest BCUT2D eigenvalue weighted by Crippen LogP contribution is -2.00. The highest BCUT2D eigenvalue weighted by atomic mass is 35.5. The van der Waals surface area contributed by atoms with Crippen molar-refractivity contribution in [1.29, 1.82) is 0 Å². The number of aryl methyl sites for hydroxylation is 1. The predicted octanol–water partition coefficient (Wildman–Crippen LogP) is 3.42. The summed E-state index contributed by atoms with van der Waals surface area (Å²) in [5, 5.41) is 4.03. The molecule has 0 radical (unpaired) electrons. The summed E-state index contributed by atoms with van der Waals surface area (Å²) in [7, 11) is 0. The van der Waals surface area contributed by atoms with Gasteiger partial charge in [0.2, 0.25) is 5.95 Å². The number of hydrogen-bond acceptors (Lipinski definition) is 4. The van der Waals surface area contributed by atoms with Crippen molar-refractivity contribution in [3.05, 3.63) is 40.0 Å². The van der Waals surface area contributed by atoms with Gasteiger partial charge in [-0.3, -0.25) is 0 Å². The molecule has 1 aromatic carbocycles. The summed E-state index contributed by atoms with van der Waals surface area (Å²) in [6, 6.07) is 7.14. The first-order valence-corrected chi connectivity index (χ1v) is 5.63. The summed E-state index contributed by atoms with van der Waals surface area (Å²) in [4.78, 5) is 7.81. The van der Waals surface area contributed by atoms with E-state index < -0.39 is 0 Å². The molecule has 0 saturated carbocycles. The van der Waals surface area contributed by atoms with Crippen LogP contribution in [0, 0.1) is 6.92 Å². The van der Waals surface area contributed by atoms with E-state index in [-0.39, 0.29) is 5.95 Å². The van der Waals surface area contributed by atoms with Gasteiger partial charge in [0.25, 0.3) is 0 Å². The number of nitrogen functional groups attached to an aromatic ring is 1. The molecule has 6 heteroatoms. The quantitative estimate of drug-likeness (QED) is 0.820. The van der Waals surface area contributed by atoms with Crippen molar-refractivity contribution in [3.8, 4) is 0 Å². The molecule has 4 nitrogen and oxygen atoms in total. The van der Waals surface area contributed by atoms with Crippen molar-refractivity contribution in [2.45, 2.75) is 6.92 Å². The van der Waals surface area contributed by atoms with E-state index in [0.717, 1.165) is 11.3 Å². The van der Waals surface area contributed by atoms with Crippen LogP contribution in [0.3, 0.4) is 0 Å². The number of nitrogens with zero attached hydrogens (tertiary/aromatic N) is 2. The van der Waals surface area contributed by atoms with Gasteiger partial charge in [-0.1, -0.05) is 29.3 Å². The predicted molar refractivity (Wildman–Crippen MR) is 70.9 cm³/mol. The summed E-state index contributed by atoms with van der Waals surface area (Å²) in [6.07, 6.45) is 0. The molecule has 88 valence electrons. The Kier molecular flexibility index (Phi) is 3.36. The number of hydrogen-bond donors (Lipinski definition) is 2. The number of benzene rings is 1. The minimum Gasteiger partial charge on any atom is -0.368 e. The lowest BCUT2D eigenvalue weighted by Gasteiger charge is -2.09. The van der Waals surface area contributed by atoms with Gasteiger partial charge in [0.1, 0.15) is 11.0 Å². The third-order valence-electron chi connectivity index (χ3n) is 2.17. The maximum Gasteiger partial charge on any atom is 0.223 e. The number of aromatic nitrogens is 2. The summed E-state index contributed by atoms with van der Waals surface area (Å²) in [5.41, 5.74) is 7.41. The van der Waals surface area contributed by atoms with Crippen LogP contribution in [0.1, 0.15) is 5.56 Å². The fourth-order valence-electron chi connectivity index (χ4n) is 1.37. The zero-order valence-corrected chi connectivity index (χ0v) is 10.5. The lowest BCUT2D eigenvalue weighted by atomic mass is 10.2. The van der Waals surface area contributed by atoms with Gasteiger partial charge in [0, 0.05) is 16.8 Å². The van der Waals surface area contributed by atoms with E-state index in [9.17, 15) is 0 Å². The Morgan fingerprint density at radius 1 is 1.18 bits per heavy atom. The third kappa shape index (κ3) is 2.99. The van der Waals surface area contributed by atoms with Crippen LogP contribution in [0.2, 0.25) is 10.2 Å². The van der Waals surface area contributed by atoms with Gasteiger partial charge in [-0.25, -0.2) is 4.98 Å². The number of rotatable bonds is 2. The number of nitrogens with one attached hydrogen (secondary N) is 1.